The zero-order valence-corrected chi connectivity index (χ0v) is 9.39. The minimum atomic E-state index is 0.260. The first-order chi connectivity index (χ1) is 6.66. The molecule has 0 spiro atoms. The van der Waals surface area contributed by atoms with Crippen molar-refractivity contribution in [2.45, 2.75) is 38.0 Å². The molecule has 2 saturated carbocycles. The van der Waals surface area contributed by atoms with E-state index in [1.54, 1.807) is 0 Å². The summed E-state index contributed by atoms with van der Waals surface area (Å²) in [5.74, 6) is 1.80. The Bertz CT molecular complexity index is 231. The summed E-state index contributed by atoms with van der Waals surface area (Å²) in [6, 6.07) is 0. The van der Waals surface area contributed by atoms with E-state index in [0.717, 1.165) is 25.8 Å². The van der Waals surface area contributed by atoms with E-state index >= 15 is 0 Å². The highest BCUT2D eigenvalue weighted by molar-refractivity contribution is 6.20. The molecule has 2 fully saturated rings. The second-order valence-electron chi connectivity index (χ2n) is 4.84. The molecular formula is C11H18ClNO. The molecule has 2 aliphatic carbocycles. The molecule has 14 heavy (non-hydrogen) atoms. The molecule has 3 heteroatoms. The molecule has 80 valence electrons. The molecule has 0 saturated heterocycles. The highest BCUT2D eigenvalue weighted by atomic mass is 35.5. The van der Waals surface area contributed by atoms with E-state index in [4.69, 9.17) is 11.6 Å². The quantitative estimate of drug-likeness (QED) is 0.719. The van der Waals surface area contributed by atoms with E-state index in [-0.39, 0.29) is 5.91 Å². The largest absolute Gasteiger partial charge is 0.356 e. The number of alkyl halides is 1. The average Bonchev–Trinajstić information content (AvgIpc) is 2.72. The molecule has 0 radical (unpaired) electrons. The Hall–Kier alpha value is -0.240. The molecule has 4 atom stereocenters. The molecule has 2 rings (SSSR count). The van der Waals surface area contributed by atoms with Crippen molar-refractivity contribution >= 4 is 17.5 Å². The van der Waals surface area contributed by atoms with Crippen LogP contribution in [-0.2, 0) is 4.79 Å². The fraction of sp³-hybridized carbons (Fsp3) is 0.909. The first kappa shape index (κ1) is 10.3. The molecule has 4 unspecified atom stereocenters. The summed E-state index contributed by atoms with van der Waals surface area (Å²) < 4.78 is 0. The maximum Gasteiger partial charge on any atom is 0.223 e. The van der Waals surface area contributed by atoms with Gasteiger partial charge in [0.05, 0.1) is 0 Å². The molecule has 2 nitrogen and oxygen atoms in total. The fourth-order valence-electron chi connectivity index (χ4n) is 2.26. The van der Waals surface area contributed by atoms with Crippen molar-refractivity contribution < 1.29 is 4.79 Å². The Kier molecular flexibility index (Phi) is 3.01. The van der Waals surface area contributed by atoms with Gasteiger partial charge in [0.15, 0.2) is 0 Å². The molecule has 0 heterocycles. The van der Waals surface area contributed by atoms with Gasteiger partial charge in [-0.25, -0.2) is 0 Å². The zero-order valence-electron chi connectivity index (χ0n) is 8.63. The first-order valence-corrected chi connectivity index (χ1v) is 6.02. The van der Waals surface area contributed by atoms with Crippen molar-refractivity contribution in [3.8, 4) is 0 Å². The van der Waals surface area contributed by atoms with Gasteiger partial charge in [0, 0.05) is 17.8 Å². The fourth-order valence-corrected chi connectivity index (χ4v) is 2.64. The third-order valence-electron chi connectivity index (χ3n) is 3.49. The highest BCUT2D eigenvalue weighted by Crippen LogP contribution is 2.37. The van der Waals surface area contributed by atoms with E-state index in [1.807, 2.05) is 0 Å². The Morgan fingerprint density at radius 2 is 2.14 bits per heavy atom. The Morgan fingerprint density at radius 1 is 1.43 bits per heavy atom. The standard InChI is InChI=1S/C11H18ClNO/c1-7-4-10(7)11(14)13-6-8-2-3-9(12)5-8/h7-10H,2-6H2,1H3,(H,13,14). The van der Waals surface area contributed by atoms with E-state index in [9.17, 15) is 4.79 Å². The van der Waals surface area contributed by atoms with Crippen molar-refractivity contribution in [2.75, 3.05) is 6.54 Å². The molecule has 0 aromatic heterocycles. The molecule has 1 N–H and O–H groups in total. The minimum Gasteiger partial charge on any atom is -0.356 e. The highest BCUT2D eigenvalue weighted by Gasteiger charge is 2.39. The summed E-state index contributed by atoms with van der Waals surface area (Å²) in [7, 11) is 0. The van der Waals surface area contributed by atoms with Crippen LogP contribution in [0.1, 0.15) is 32.6 Å². The van der Waals surface area contributed by atoms with Crippen LogP contribution in [0.25, 0.3) is 0 Å². The van der Waals surface area contributed by atoms with Crippen LogP contribution in [0.2, 0.25) is 0 Å². The number of carbonyl (C=O) groups excluding carboxylic acids is 1. The van der Waals surface area contributed by atoms with Gasteiger partial charge in [-0.3, -0.25) is 4.79 Å². The normalized spacial score (nSPS) is 41.0. The van der Waals surface area contributed by atoms with Crippen LogP contribution in [0.5, 0.6) is 0 Å². The Morgan fingerprint density at radius 3 is 2.64 bits per heavy atom. The van der Waals surface area contributed by atoms with E-state index in [1.165, 1.54) is 6.42 Å². The molecule has 0 aliphatic heterocycles. The van der Waals surface area contributed by atoms with Crippen molar-refractivity contribution in [1.82, 2.24) is 5.32 Å². The molecule has 0 aromatic rings. The van der Waals surface area contributed by atoms with Gasteiger partial charge >= 0.3 is 0 Å². The van der Waals surface area contributed by atoms with Crippen LogP contribution in [0.15, 0.2) is 0 Å². The summed E-state index contributed by atoms with van der Waals surface area (Å²) in [5.41, 5.74) is 0. The summed E-state index contributed by atoms with van der Waals surface area (Å²) in [4.78, 5) is 11.5. The third kappa shape index (κ3) is 2.41. The van der Waals surface area contributed by atoms with Gasteiger partial charge in [0.25, 0.3) is 0 Å². The minimum absolute atomic E-state index is 0.260. The number of amides is 1. The molecule has 2 aliphatic rings. The lowest BCUT2D eigenvalue weighted by Gasteiger charge is -2.10. The lowest BCUT2D eigenvalue weighted by molar-refractivity contribution is -0.122. The molecule has 0 bridgehead atoms. The third-order valence-corrected chi connectivity index (χ3v) is 3.88. The first-order valence-electron chi connectivity index (χ1n) is 5.58. The zero-order chi connectivity index (χ0) is 10.1. The van der Waals surface area contributed by atoms with Gasteiger partial charge in [-0.15, -0.1) is 11.6 Å². The van der Waals surface area contributed by atoms with Crippen molar-refractivity contribution in [3.05, 3.63) is 0 Å². The molecule has 1 amide bonds. The summed E-state index contributed by atoms with van der Waals surface area (Å²) in [6.45, 7) is 2.97. The summed E-state index contributed by atoms with van der Waals surface area (Å²) >= 11 is 6.01. The van der Waals surface area contributed by atoms with Crippen molar-refractivity contribution in [2.24, 2.45) is 17.8 Å². The van der Waals surface area contributed by atoms with E-state index in [0.29, 0.717) is 23.1 Å². The number of carbonyl (C=O) groups is 1. The lowest BCUT2D eigenvalue weighted by atomic mass is 10.1. The number of rotatable bonds is 3. The van der Waals surface area contributed by atoms with Gasteiger partial charge < -0.3 is 5.32 Å². The topological polar surface area (TPSA) is 29.1 Å². The Balaban J connectivity index is 1.65. The smallest absolute Gasteiger partial charge is 0.223 e. The van der Waals surface area contributed by atoms with Gasteiger partial charge in [-0.2, -0.15) is 0 Å². The van der Waals surface area contributed by atoms with Crippen LogP contribution >= 0.6 is 11.6 Å². The number of halogens is 1. The summed E-state index contributed by atoms with van der Waals surface area (Å²) in [6.07, 6.45) is 4.44. The van der Waals surface area contributed by atoms with Crippen molar-refractivity contribution in [3.63, 3.8) is 0 Å². The monoisotopic (exact) mass is 215 g/mol. The van der Waals surface area contributed by atoms with E-state index in [2.05, 4.69) is 12.2 Å². The van der Waals surface area contributed by atoms with E-state index < -0.39 is 0 Å². The van der Waals surface area contributed by atoms with Crippen LogP contribution in [0.4, 0.5) is 0 Å². The van der Waals surface area contributed by atoms with Gasteiger partial charge in [0.1, 0.15) is 0 Å². The van der Waals surface area contributed by atoms with Crippen molar-refractivity contribution in [1.29, 1.82) is 0 Å². The molecular weight excluding hydrogens is 198 g/mol. The summed E-state index contributed by atoms with van der Waals surface area (Å²) in [5, 5.41) is 3.38. The number of hydrogen-bond acceptors (Lipinski definition) is 1. The number of hydrogen-bond donors (Lipinski definition) is 1. The van der Waals surface area contributed by atoms with Gasteiger partial charge in [-0.05, 0) is 37.5 Å². The Labute approximate surface area is 90.4 Å². The lowest BCUT2D eigenvalue weighted by Crippen LogP contribution is -2.30. The molecule has 0 aromatic carbocycles. The second-order valence-corrected chi connectivity index (χ2v) is 5.46. The predicted octanol–water partition coefficient (Wildman–Crippen LogP) is 2.17. The average molecular weight is 216 g/mol. The van der Waals surface area contributed by atoms with Crippen LogP contribution in [0, 0.1) is 17.8 Å². The van der Waals surface area contributed by atoms with Crippen LogP contribution in [0.3, 0.4) is 0 Å². The maximum absolute atomic E-state index is 11.5. The van der Waals surface area contributed by atoms with Gasteiger partial charge in [0.2, 0.25) is 5.91 Å². The SMILES string of the molecule is CC1CC1C(=O)NCC1CCC(Cl)C1. The van der Waals surface area contributed by atoms with Gasteiger partial charge in [-0.1, -0.05) is 6.92 Å². The second kappa shape index (κ2) is 4.09. The number of nitrogens with one attached hydrogen (secondary N) is 1. The van der Waals surface area contributed by atoms with Crippen LogP contribution < -0.4 is 5.32 Å². The predicted molar refractivity (Wildman–Crippen MR) is 57.3 cm³/mol. The van der Waals surface area contributed by atoms with Crippen LogP contribution in [-0.4, -0.2) is 17.8 Å². The maximum atomic E-state index is 11.5.